The Bertz CT molecular complexity index is 341. The molecular weight excluding hydrogens is 220 g/mol. The summed E-state index contributed by atoms with van der Waals surface area (Å²) in [7, 11) is 0. The molecule has 1 aliphatic rings. The largest absolute Gasteiger partial charge is 0.383 e. The molecule has 1 aromatic rings. The van der Waals surface area contributed by atoms with Crippen molar-refractivity contribution >= 4 is 23.4 Å². The molecule has 0 spiro atoms. The van der Waals surface area contributed by atoms with E-state index in [1.807, 2.05) is 0 Å². The fourth-order valence-corrected chi connectivity index (χ4v) is 3.13. The third-order valence-corrected chi connectivity index (χ3v) is 4.18. The van der Waals surface area contributed by atoms with Gasteiger partial charge in [-0.15, -0.1) is 0 Å². The Balaban J connectivity index is 1.98. The van der Waals surface area contributed by atoms with Gasteiger partial charge in [0, 0.05) is 11.3 Å². The van der Waals surface area contributed by atoms with Gasteiger partial charge < -0.3 is 11.5 Å². The highest BCUT2D eigenvalue weighted by Gasteiger charge is 2.20. The van der Waals surface area contributed by atoms with Crippen LogP contribution in [0.25, 0.3) is 0 Å². The van der Waals surface area contributed by atoms with Crippen molar-refractivity contribution in [2.24, 2.45) is 5.92 Å². The molecular formula is C11H18N4S. The van der Waals surface area contributed by atoms with Crippen LogP contribution >= 0.6 is 11.8 Å². The molecule has 0 atom stereocenters. The van der Waals surface area contributed by atoms with Crippen LogP contribution in [0.2, 0.25) is 0 Å². The highest BCUT2D eigenvalue weighted by molar-refractivity contribution is 7.99. The van der Waals surface area contributed by atoms with Gasteiger partial charge in [0.1, 0.15) is 11.6 Å². The Hall–Kier alpha value is -0.970. The summed E-state index contributed by atoms with van der Waals surface area (Å²) in [6.07, 6.45) is 5.08. The molecule has 1 saturated carbocycles. The molecule has 0 unspecified atom stereocenters. The number of anilines is 2. The van der Waals surface area contributed by atoms with Crippen LogP contribution in [0.15, 0.2) is 11.2 Å². The van der Waals surface area contributed by atoms with Gasteiger partial charge in [-0.2, -0.15) is 0 Å². The summed E-state index contributed by atoms with van der Waals surface area (Å²) in [5, 5.41) is 1.34. The van der Waals surface area contributed by atoms with Gasteiger partial charge in [-0.05, 0) is 31.6 Å². The van der Waals surface area contributed by atoms with Crippen LogP contribution in [0.4, 0.5) is 11.6 Å². The van der Waals surface area contributed by atoms with Crippen LogP contribution in [0.5, 0.6) is 0 Å². The Morgan fingerprint density at radius 1 is 1.12 bits per heavy atom. The van der Waals surface area contributed by atoms with Crippen molar-refractivity contribution in [2.75, 3.05) is 11.5 Å². The fraction of sp³-hybridized carbons (Fsp3) is 0.636. The van der Waals surface area contributed by atoms with Crippen LogP contribution in [0.1, 0.15) is 32.6 Å². The van der Waals surface area contributed by atoms with Gasteiger partial charge in [-0.1, -0.05) is 18.7 Å². The van der Waals surface area contributed by atoms with Crippen molar-refractivity contribution in [3.05, 3.63) is 6.07 Å². The lowest BCUT2D eigenvalue weighted by molar-refractivity contribution is 0.393. The van der Waals surface area contributed by atoms with Crippen molar-refractivity contribution in [3.8, 4) is 0 Å². The van der Waals surface area contributed by atoms with Crippen LogP contribution in [-0.2, 0) is 0 Å². The minimum absolute atomic E-state index is 0.458. The highest BCUT2D eigenvalue weighted by Crippen LogP contribution is 2.34. The van der Waals surface area contributed by atoms with Gasteiger partial charge in [0.25, 0.3) is 0 Å². The van der Waals surface area contributed by atoms with E-state index in [0.29, 0.717) is 16.9 Å². The Morgan fingerprint density at radius 3 is 2.25 bits per heavy atom. The van der Waals surface area contributed by atoms with Crippen molar-refractivity contribution in [3.63, 3.8) is 0 Å². The SMILES string of the molecule is CC1CCC(Sc2nc(N)cc(N)n2)CC1. The highest BCUT2D eigenvalue weighted by atomic mass is 32.2. The second-order valence-corrected chi connectivity index (χ2v) is 5.77. The third kappa shape index (κ3) is 3.01. The Morgan fingerprint density at radius 2 is 1.69 bits per heavy atom. The molecule has 88 valence electrons. The Kier molecular flexibility index (Phi) is 3.53. The first-order valence-electron chi connectivity index (χ1n) is 5.70. The number of hydrogen-bond acceptors (Lipinski definition) is 5. The number of nitrogens with two attached hydrogens (primary N) is 2. The zero-order valence-electron chi connectivity index (χ0n) is 9.52. The van der Waals surface area contributed by atoms with E-state index in [1.165, 1.54) is 25.7 Å². The molecule has 1 heterocycles. The first kappa shape index (κ1) is 11.5. The van der Waals surface area contributed by atoms with E-state index in [9.17, 15) is 0 Å². The maximum atomic E-state index is 5.64. The maximum Gasteiger partial charge on any atom is 0.191 e. The number of thioether (sulfide) groups is 1. The average molecular weight is 238 g/mol. The van der Waals surface area contributed by atoms with E-state index in [1.54, 1.807) is 17.8 Å². The zero-order chi connectivity index (χ0) is 11.5. The average Bonchev–Trinajstić information content (AvgIpc) is 2.20. The molecule has 1 fully saturated rings. The summed E-state index contributed by atoms with van der Waals surface area (Å²) in [5.74, 6) is 1.78. The third-order valence-electron chi connectivity index (χ3n) is 2.98. The molecule has 16 heavy (non-hydrogen) atoms. The van der Waals surface area contributed by atoms with E-state index >= 15 is 0 Å². The lowest BCUT2D eigenvalue weighted by Gasteiger charge is -2.24. The van der Waals surface area contributed by atoms with E-state index < -0.39 is 0 Å². The molecule has 0 bridgehead atoms. The van der Waals surface area contributed by atoms with Gasteiger partial charge in [0.15, 0.2) is 5.16 Å². The monoisotopic (exact) mass is 238 g/mol. The maximum absolute atomic E-state index is 5.64. The molecule has 0 aliphatic heterocycles. The zero-order valence-corrected chi connectivity index (χ0v) is 10.3. The van der Waals surface area contributed by atoms with Crippen LogP contribution in [-0.4, -0.2) is 15.2 Å². The molecule has 0 aromatic carbocycles. The van der Waals surface area contributed by atoms with Gasteiger partial charge in [0.2, 0.25) is 0 Å². The molecule has 1 aromatic heterocycles. The quantitative estimate of drug-likeness (QED) is 0.773. The number of rotatable bonds is 2. The Labute approximate surface area is 100 Å². The molecule has 0 radical (unpaired) electrons. The van der Waals surface area contributed by atoms with Crippen molar-refractivity contribution < 1.29 is 0 Å². The summed E-state index contributed by atoms with van der Waals surface area (Å²) >= 11 is 1.71. The first-order chi connectivity index (χ1) is 7.63. The van der Waals surface area contributed by atoms with Crippen LogP contribution in [0.3, 0.4) is 0 Å². The fourth-order valence-electron chi connectivity index (χ4n) is 2.01. The van der Waals surface area contributed by atoms with E-state index in [4.69, 9.17) is 11.5 Å². The molecule has 5 heteroatoms. The van der Waals surface area contributed by atoms with Gasteiger partial charge in [0.05, 0.1) is 0 Å². The molecule has 2 rings (SSSR count). The topological polar surface area (TPSA) is 77.8 Å². The van der Waals surface area contributed by atoms with Crippen LogP contribution in [0, 0.1) is 5.92 Å². The molecule has 0 saturated heterocycles. The van der Waals surface area contributed by atoms with E-state index in [-0.39, 0.29) is 0 Å². The summed E-state index contributed by atoms with van der Waals surface area (Å²) in [6.45, 7) is 2.32. The minimum Gasteiger partial charge on any atom is -0.383 e. The molecule has 1 aliphatic carbocycles. The van der Waals surface area contributed by atoms with Crippen molar-refractivity contribution in [2.45, 2.75) is 43.0 Å². The second kappa shape index (κ2) is 4.91. The molecule has 0 amide bonds. The predicted molar refractivity (Wildman–Crippen MR) is 68.1 cm³/mol. The first-order valence-corrected chi connectivity index (χ1v) is 6.58. The summed E-state index contributed by atoms with van der Waals surface area (Å²) < 4.78 is 0. The summed E-state index contributed by atoms with van der Waals surface area (Å²) in [6, 6.07) is 1.59. The number of aromatic nitrogens is 2. The lowest BCUT2D eigenvalue weighted by Crippen LogP contribution is -2.14. The normalized spacial score (nSPS) is 25.6. The molecule has 4 N–H and O–H groups in total. The van der Waals surface area contributed by atoms with E-state index in [2.05, 4.69) is 16.9 Å². The van der Waals surface area contributed by atoms with Crippen LogP contribution < -0.4 is 11.5 Å². The predicted octanol–water partition coefficient (Wildman–Crippen LogP) is 2.31. The standard InChI is InChI=1S/C11H18N4S/c1-7-2-4-8(5-3-7)16-11-14-9(12)6-10(13)15-11/h6-8H,2-5H2,1H3,(H4,12,13,14,15). The number of nitrogens with zero attached hydrogens (tertiary/aromatic N) is 2. The van der Waals surface area contributed by atoms with Gasteiger partial charge >= 0.3 is 0 Å². The summed E-state index contributed by atoms with van der Waals surface area (Å²) in [4.78, 5) is 8.39. The number of hydrogen-bond donors (Lipinski definition) is 2. The van der Waals surface area contributed by atoms with Crippen molar-refractivity contribution in [1.82, 2.24) is 9.97 Å². The lowest BCUT2D eigenvalue weighted by atomic mass is 9.91. The summed E-state index contributed by atoms with van der Waals surface area (Å²) in [5.41, 5.74) is 11.3. The minimum atomic E-state index is 0.458. The smallest absolute Gasteiger partial charge is 0.191 e. The van der Waals surface area contributed by atoms with Gasteiger partial charge in [-0.25, -0.2) is 9.97 Å². The van der Waals surface area contributed by atoms with E-state index in [0.717, 1.165) is 11.1 Å². The second-order valence-electron chi connectivity index (χ2n) is 4.50. The number of nitrogen functional groups attached to an aromatic ring is 2. The molecule has 4 nitrogen and oxygen atoms in total. The van der Waals surface area contributed by atoms with Gasteiger partial charge in [-0.3, -0.25) is 0 Å². The van der Waals surface area contributed by atoms with Crippen molar-refractivity contribution in [1.29, 1.82) is 0 Å².